The van der Waals surface area contributed by atoms with Gasteiger partial charge >= 0.3 is 6.03 Å². The van der Waals surface area contributed by atoms with Gasteiger partial charge in [0.1, 0.15) is 0 Å². The van der Waals surface area contributed by atoms with Crippen LogP contribution in [-0.4, -0.2) is 68.1 Å². The average molecular weight is 422 g/mol. The Morgan fingerprint density at radius 3 is 2.16 bits per heavy atom. The van der Waals surface area contributed by atoms with Gasteiger partial charge in [-0.2, -0.15) is 0 Å². The lowest BCUT2D eigenvalue weighted by Gasteiger charge is -2.35. The van der Waals surface area contributed by atoms with Gasteiger partial charge in [0.25, 0.3) is 0 Å². The Labute approximate surface area is 184 Å². The molecular weight excluding hydrogens is 390 g/mol. The van der Waals surface area contributed by atoms with Crippen molar-refractivity contribution in [2.45, 2.75) is 12.8 Å². The fraction of sp³-hybridized carbons (Fsp3) is 0.417. The van der Waals surface area contributed by atoms with E-state index >= 15 is 0 Å². The number of amides is 3. The number of carbonyl (C=O) groups is 2. The number of anilines is 3. The quantitative estimate of drug-likeness (QED) is 0.795. The average Bonchev–Trinajstić information content (AvgIpc) is 2.81. The number of hydrogen-bond donors (Lipinski definition) is 2. The summed E-state index contributed by atoms with van der Waals surface area (Å²) in [7, 11) is 2.14. The zero-order valence-corrected chi connectivity index (χ0v) is 18.1. The number of rotatable bonds is 4. The molecule has 0 aliphatic carbocycles. The highest BCUT2D eigenvalue weighted by molar-refractivity contribution is 5.96. The molecule has 164 valence electrons. The van der Waals surface area contributed by atoms with Gasteiger partial charge in [-0.05, 0) is 44.2 Å². The molecule has 31 heavy (non-hydrogen) atoms. The van der Waals surface area contributed by atoms with E-state index in [9.17, 15) is 9.59 Å². The Kier molecular flexibility index (Phi) is 6.72. The maximum Gasteiger partial charge on any atom is 0.321 e. The van der Waals surface area contributed by atoms with Crippen molar-refractivity contribution in [1.82, 2.24) is 9.80 Å². The molecule has 0 radical (unpaired) electrons. The van der Waals surface area contributed by atoms with E-state index in [-0.39, 0.29) is 17.9 Å². The standard InChI is InChI=1S/C24H31N5O2/c1-27-15-17-28(18-16-27)22-10-6-5-9-21(22)26-23(30)19-11-13-29(14-12-19)24(31)25-20-7-3-2-4-8-20/h2-10,19H,11-18H2,1H3,(H,25,31)(H,26,30). The summed E-state index contributed by atoms with van der Waals surface area (Å²) >= 11 is 0. The normalized spacial score (nSPS) is 18.0. The number of nitrogens with zero attached hydrogens (tertiary/aromatic N) is 3. The van der Waals surface area contributed by atoms with E-state index in [4.69, 9.17) is 0 Å². The van der Waals surface area contributed by atoms with Crippen LogP contribution in [0.25, 0.3) is 0 Å². The molecular formula is C24H31N5O2. The van der Waals surface area contributed by atoms with Gasteiger partial charge in [0.05, 0.1) is 11.4 Å². The molecule has 0 atom stereocenters. The number of likely N-dealkylation sites (tertiary alicyclic amines) is 1. The molecule has 7 nitrogen and oxygen atoms in total. The summed E-state index contributed by atoms with van der Waals surface area (Å²) in [5.41, 5.74) is 2.75. The van der Waals surface area contributed by atoms with Crippen LogP contribution in [0.1, 0.15) is 12.8 Å². The van der Waals surface area contributed by atoms with Crippen molar-refractivity contribution in [3.05, 3.63) is 54.6 Å². The minimum atomic E-state index is -0.106. The van der Waals surface area contributed by atoms with Crippen LogP contribution in [0.15, 0.2) is 54.6 Å². The molecule has 0 bridgehead atoms. The van der Waals surface area contributed by atoms with Crippen LogP contribution in [0.2, 0.25) is 0 Å². The van der Waals surface area contributed by atoms with Crippen molar-refractivity contribution in [3.8, 4) is 0 Å². The number of piperidine rings is 1. The van der Waals surface area contributed by atoms with Crippen molar-refractivity contribution in [3.63, 3.8) is 0 Å². The number of nitrogens with one attached hydrogen (secondary N) is 2. The van der Waals surface area contributed by atoms with Crippen molar-refractivity contribution < 1.29 is 9.59 Å². The highest BCUT2D eigenvalue weighted by Gasteiger charge is 2.28. The lowest BCUT2D eigenvalue weighted by atomic mass is 9.96. The van der Waals surface area contributed by atoms with Crippen LogP contribution in [0.4, 0.5) is 21.9 Å². The molecule has 0 unspecified atom stereocenters. The number of hydrogen-bond acceptors (Lipinski definition) is 4. The van der Waals surface area contributed by atoms with E-state index in [0.717, 1.165) is 43.2 Å². The largest absolute Gasteiger partial charge is 0.367 e. The Morgan fingerprint density at radius 1 is 0.806 bits per heavy atom. The monoisotopic (exact) mass is 421 g/mol. The first-order chi connectivity index (χ1) is 15.1. The molecule has 2 aromatic rings. The summed E-state index contributed by atoms with van der Waals surface area (Å²) in [5, 5.41) is 6.08. The van der Waals surface area contributed by atoms with E-state index in [1.54, 1.807) is 4.90 Å². The van der Waals surface area contributed by atoms with Crippen LogP contribution in [0.5, 0.6) is 0 Å². The third kappa shape index (κ3) is 5.35. The van der Waals surface area contributed by atoms with Gasteiger partial charge in [-0.3, -0.25) is 4.79 Å². The molecule has 0 saturated carbocycles. The maximum atomic E-state index is 13.0. The maximum absolute atomic E-state index is 13.0. The predicted molar refractivity (Wildman–Crippen MR) is 125 cm³/mol. The van der Waals surface area contributed by atoms with Gasteiger partial charge < -0.3 is 25.3 Å². The molecule has 0 spiro atoms. The first kappa shape index (κ1) is 21.2. The lowest BCUT2D eigenvalue weighted by molar-refractivity contribution is -0.121. The van der Waals surface area contributed by atoms with E-state index < -0.39 is 0 Å². The van der Waals surface area contributed by atoms with E-state index in [1.807, 2.05) is 48.5 Å². The van der Waals surface area contributed by atoms with Gasteiger partial charge in [-0.15, -0.1) is 0 Å². The molecule has 2 heterocycles. The first-order valence-electron chi connectivity index (χ1n) is 11.0. The number of urea groups is 1. The van der Waals surface area contributed by atoms with Crippen molar-refractivity contribution in [2.24, 2.45) is 5.92 Å². The van der Waals surface area contributed by atoms with Crippen LogP contribution in [0, 0.1) is 5.92 Å². The number of para-hydroxylation sites is 3. The van der Waals surface area contributed by atoms with Gasteiger partial charge in [-0.1, -0.05) is 30.3 Å². The minimum absolute atomic E-state index is 0.0460. The summed E-state index contributed by atoms with van der Waals surface area (Å²) in [6.45, 7) is 5.11. The lowest BCUT2D eigenvalue weighted by Crippen LogP contribution is -2.45. The fourth-order valence-corrected chi connectivity index (χ4v) is 4.21. The minimum Gasteiger partial charge on any atom is -0.367 e. The van der Waals surface area contributed by atoms with E-state index in [1.165, 1.54) is 0 Å². The summed E-state index contributed by atoms with van der Waals surface area (Å²) in [6.07, 6.45) is 1.34. The SMILES string of the molecule is CN1CCN(c2ccccc2NC(=O)C2CCN(C(=O)Nc3ccccc3)CC2)CC1. The predicted octanol–water partition coefficient (Wildman–Crippen LogP) is 3.32. The second-order valence-electron chi connectivity index (χ2n) is 8.35. The molecule has 7 heteroatoms. The van der Waals surface area contributed by atoms with Crippen molar-refractivity contribution in [2.75, 3.05) is 61.8 Å². The summed E-state index contributed by atoms with van der Waals surface area (Å²) in [5.74, 6) is -0.0361. The van der Waals surface area contributed by atoms with Crippen LogP contribution < -0.4 is 15.5 Å². The Balaban J connectivity index is 1.31. The Morgan fingerprint density at radius 2 is 1.45 bits per heavy atom. The van der Waals surface area contributed by atoms with E-state index in [0.29, 0.717) is 25.9 Å². The summed E-state index contributed by atoms with van der Waals surface area (Å²) in [6, 6.07) is 17.4. The Hall–Kier alpha value is -3.06. The zero-order valence-electron chi connectivity index (χ0n) is 18.1. The molecule has 2 fully saturated rings. The van der Waals surface area contributed by atoms with E-state index in [2.05, 4.69) is 33.5 Å². The number of likely N-dealkylation sites (N-methyl/N-ethyl adjacent to an activating group) is 1. The number of benzene rings is 2. The molecule has 2 N–H and O–H groups in total. The highest BCUT2D eigenvalue weighted by atomic mass is 16.2. The Bertz CT molecular complexity index is 888. The first-order valence-corrected chi connectivity index (χ1v) is 11.0. The second kappa shape index (κ2) is 9.83. The topological polar surface area (TPSA) is 67.9 Å². The van der Waals surface area contributed by atoms with Gasteiger partial charge in [0.15, 0.2) is 0 Å². The van der Waals surface area contributed by atoms with Crippen LogP contribution >= 0.6 is 0 Å². The molecule has 2 aliphatic heterocycles. The van der Waals surface area contributed by atoms with Gasteiger partial charge in [0.2, 0.25) is 5.91 Å². The van der Waals surface area contributed by atoms with Gasteiger partial charge in [-0.25, -0.2) is 4.79 Å². The molecule has 2 aromatic carbocycles. The number of carbonyl (C=O) groups excluding carboxylic acids is 2. The second-order valence-corrected chi connectivity index (χ2v) is 8.35. The van der Waals surface area contributed by atoms with Crippen LogP contribution in [-0.2, 0) is 4.79 Å². The molecule has 3 amide bonds. The number of piperazine rings is 1. The third-order valence-electron chi connectivity index (χ3n) is 6.18. The smallest absolute Gasteiger partial charge is 0.321 e. The third-order valence-corrected chi connectivity index (χ3v) is 6.18. The molecule has 2 saturated heterocycles. The molecule has 0 aromatic heterocycles. The van der Waals surface area contributed by atoms with Gasteiger partial charge in [0, 0.05) is 50.9 Å². The van der Waals surface area contributed by atoms with Crippen molar-refractivity contribution in [1.29, 1.82) is 0 Å². The highest BCUT2D eigenvalue weighted by Crippen LogP contribution is 2.28. The molecule has 4 rings (SSSR count). The fourth-order valence-electron chi connectivity index (χ4n) is 4.21. The summed E-state index contributed by atoms with van der Waals surface area (Å²) < 4.78 is 0. The summed E-state index contributed by atoms with van der Waals surface area (Å²) in [4.78, 5) is 31.9. The molecule has 2 aliphatic rings. The van der Waals surface area contributed by atoms with Crippen molar-refractivity contribution >= 4 is 29.0 Å². The van der Waals surface area contributed by atoms with Crippen LogP contribution in [0.3, 0.4) is 0 Å². The zero-order chi connectivity index (χ0) is 21.6.